The van der Waals surface area contributed by atoms with Crippen molar-refractivity contribution in [3.05, 3.63) is 63.1 Å². The molecule has 1 aromatic heterocycles. The van der Waals surface area contributed by atoms with Crippen molar-refractivity contribution in [1.82, 2.24) is 15.3 Å². The molecule has 0 spiro atoms. The molecule has 1 aliphatic rings. The van der Waals surface area contributed by atoms with Gasteiger partial charge in [-0.05, 0) is 23.6 Å². The van der Waals surface area contributed by atoms with Crippen molar-refractivity contribution >= 4 is 58.3 Å². The summed E-state index contributed by atoms with van der Waals surface area (Å²) < 4.78 is 0. The minimum absolute atomic E-state index is 0.00702. The maximum Gasteiger partial charge on any atom is 0.328 e. The number of aromatic nitrogens is 2. The number of para-hydroxylation sites is 1. The highest BCUT2D eigenvalue weighted by molar-refractivity contribution is 6.40. The first kappa shape index (κ1) is 22.6. The van der Waals surface area contributed by atoms with Crippen LogP contribution in [0.15, 0.2) is 42.5 Å². The van der Waals surface area contributed by atoms with Gasteiger partial charge in [0.1, 0.15) is 0 Å². The van der Waals surface area contributed by atoms with Crippen LogP contribution in [0.5, 0.6) is 0 Å². The zero-order valence-corrected chi connectivity index (χ0v) is 20.1. The second-order valence-electron chi connectivity index (χ2n) is 8.66. The summed E-state index contributed by atoms with van der Waals surface area (Å²) in [7, 11) is 0. The van der Waals surface area contributed by atoms with Crippen LogP contribution < -0.4 is 15.5 Å². The van der Waals surface area contributed by atoms with E-state index in [0.29, 0.717) is 44.8 Å². The molecule has 0 aliphatic carbocycles. The van der Waals surface area contributed by atoms with Crippen LogP contribution in [-0.4, -0.2) is 22.5 Å². The van der Waals surface area contributed by atoms with Gasteiger partial charge in [0.05, 0.1) is 28.0 Å². The minimum Gasteiger partial charge on any atom is -0.354 e. The van der Waals surface area contributed by atoms with E-state index in [9.17, 15) is 4.79 Å². The smallest absolute Gasteiger partial charge is 0.328 e. The van der Waals surface area contributed by atoms with Crippen LogP contribution in [0.25, 0.3) is 11.3 Å². The zero-order valence-electron chi connectivity index (χ0n) is 17.8. The molecule has 2 N–H and O–H groups in total. The lowest BCUT2D eigenvalue weighted by Gasteiger charge is -2.31. The second kappa shape index (κ2) is 8.77. The fourth-order valence-corrected chi connectivity index (χ4v) is 4.16. The van der Waals surface area contributed by atoms with Crippen LogP contribution in [0.2, 0.25) is 15.1 Å². The van der Waals surface area contributed by atoms with Gasteiger partial charge in [0, 0.05) is 22.7 Å². The average Bonchev–Trinajstić information content (AvgIpc) is 2.73. The number of rotatable bonds is 4. The largest absolute Gasteiger partial charge is 0.354 e. The van der Waals surface area contributed by atoms with Crippen LogP contribution >= 0.6 is 34.8 Å². The summed E-state index contributed by atoms with van der Waals surface area (Å²) in [6.07, 6.45) is 0. The Hall–Kier alpha value is -2.54. The van der Waals surface area contributed by atoms with Crippen LogP contribution in [0.3, 0.4) is 0 Å². The van der Waals surface area contributed by atoms with Crippen LogP contribution in [-0.2, 0) is 6.54 Å². The van der Waals surface area contributed by atoms with Gasteiger partial charge in [-0.15, -0.1) is 0 Å². The van der Waals surface area contributed by atoms with Gasteiger partial charge < -0.3 is 10.6 Å². The van der Waals surface area contributed by atoms with E-state index < -0.39 is 0 Å². The van der Waals surface area contributed by atoms with Crippen molar-refractivity contribution < 1.29 is 4.79 Å². The molecule has 0 saturated carbocycles. The van der Waals surface area contributed by atoms with Crippen molar-refractivity contribution in [1.29, 1.82) is 0 Å². The van der Waals surface area contributed by atoms with Crippen molar-refractivity contribution in [2.45, 2.75) is 27.3 Å². The minimum atomic E-state index is -0.377. The summed E-state index contributed by atoms with van der Waals surface area (Å²) in [6.45, 7) is 7.20. The van der Waals surface area contributed by atoms with Gasteiger partial charge in [-0.25, -0.2) is 14.7 Å². The van der Waals surface area contributed by atoms with Gasteiger partial charge in [-0.1, -0.05) is 79.8 Å². The molecule has 2 heterocycles. The summed E-state index contributed by atoms with van der Waals surface area (Å²) in [4.78, 5) is 23.9. The third-order valence-electron chi connectivity index (χ3n) is 4.88. The number of hydrogen-bond donors (Lipinski definition) is 2. The monoisotopic (exact) mass is 489 g/mol. The molecular formula is C23H22Cl3N5O. The SMILES string of the molecule is CC(C)(C)CNc1nc(-c2ccccc2Cl)c2c(n1)N(c1c(Cl)cccc1Cl)C(=O)NC2. The predicted octanol–water partition coefficient (Wildman–Crippen LogP) is 6.92. The molecule has 0 fully saturated rings. The van der Waals surface area contributed by atoms with E-state index in [4.69, 9.17) is 44.8 Å². The van der Waals surface area contributed by atoms with Crippen LogP contribution in [0, 0.1) is 5.41 Å². The van der Waals surface area contributed by atoms with Gasteiger partial charge in [0.25, 0.3) is 0 Å². The number of amides is 2. The summed E-state index contributed by atoms with van der Waals surface area (Å²) in [5.74, 6) is 0.793. The van der Waals surface area contributed by atoms with Gasteiger partial charge in [-0.3, -0.25) is 0 Å². The van der Waals surface area contributed by atoms with Crippen LogP contribution in [0.4, 0.5) is 22.2 Å². The lowest BCUT2D eigenvalue weighted by molar-refractivity contribution is 0.247. The Morgan fingerprint density at radius 1 is 1.00 bits per heavy atom. The number of nitrogens with one attached hydrogen (secondary N) is 2. The number of fused-ring (bicyclic) bond motifs is 1. The summed E-state index contributed by atoms with van der Waals surface area (Å²) in [5.41, 5.74) is 2.44. The Balaban J connectivity index is 1.95. The average molecular weight is 491 g/mol. The fraction of sp³-hybridized carbons (Fsp3) is 0.261. The topological polar surface area (TPSA) is 70.2 Å². The maximum atomic E-state index is 13.0. The van der Waals surface area contributed by atoms with Crippen molar-refractivity contribution in [2.24, 2.45) is 5.41 Å². The molecule has 2 aromatic carbocycles. The quantitative estimate of drug-likeness (QED) is 0.416. The molecule has 0 unspecified atom stereocenters. The number of carbonyl (C=O) groups is 1. The third-order valence-corrected chi connectivity index (χ3v) is 5.82. The van der Waals surface area contributed by atoms with Crippen molar-refractivity contribution in [2.75, 3.05) is 16.8 Å². The Bertz CT molecular complexity index is 1170. The Morgan fingerprint density at radius 2 is 1.66 bits per heavy atom. The van der Waals surface area contributed by atoms with Crippen molar-refractivity contribution in [3.63, 3.8) is 0 Å². The first-order valence-corrected chi connectivity index (χ1v) is 11.2. The Labute approximate surface area is 201 Å². The molecule has 1 aliphatic heterocycles. The lowest BCUT2D eigenvalue weighted by atomic mass is 9.97. The van der Waals surface area contributed by atoms with Crippen LogP contribution in [0.1, 0.15) is 26.3 Å². The number of halogens is 3. The number of urea groups is 1. The molecule has 0 radical (unpaired) electrons. The molecule has 166 valence electrons. The van der Waals surface area contributed by atoms with E-state index in [0.717, 1.165) is 11.1 Å². The molecule has 9 heteroatoms. The van der Waals surface area contributed by atoms with E-state index in [1.54, 1.807) is 24.3 Å². The molecule has 0 saturated heterocycles. The highest BCUT2D eigenvalue weighted by atomic mass is 35.5. The standard InChI is InChI=1S/C23H22Cl3N5O/c1-23(2,3)12-28-21-29-18(13-7-4-5-8-15(13)24)14-11-27-22(32)31(20(14)30-21)19-16(25)9-6-10-17(19)26/h4-10H,11-12H2,1-3H3,(H,27,32)(H,28,29,30). The first-order valence-electron chi connectivity index (χ1n) is 10.1. The van der Waals surface area contributed by atoms with Gasteiger partial charge >= 0.3 is 6.03 Å². The van der Waals surface area contributed by atoms with E-state index in [2.05, 4.69) is 31.4 Å². The van der Waals surface area contributed by atoms with Gasteiger partial charge in [0.2, 0.25) is 5.95 Å². The van der Waals surface area contributed by atoms with Gasteiger partial charge in [-0.2, -0.15) is 4.98 Å². The Morgan fingerprint density at radius 3 is 2.31 bits per heavy atom. The normalized spacial score (nSPS) is 13.6. The number of nitrogens with zero attached hydrogens (tertiary/aromatic N) is 3. The van der Waals surface area contributed by atoms with E-state index in [1.807, 2.05) is 18.2 Å². The van der Waals surface area contributed by atoms with E-state index >= 15 is 0 Å². The maximum absolute atomic E-state index is 13.0. The fourth-order valence-electron chi connectivity index (χ4n) is 3.37. The summed E-state index contributed by atoms with van der Waals surface area (Å²) >= 11 is 19.4. The van der Waals surface area contributed by atoms with E-state index in [-0.39, 0.29) is 18.0 Å². The highest BCUT2D eigenvalue weighted by Crippen LogP contribution is 2.43. The van der Waals surface area contributed by atoms with E-state index in [1.165, 1.54) is 4.90 Å². The summed E-state index contributed by atoms with van der Waals surface area (Å²) in [5, 5.41) is 7.39. The molecule has 0 atom stereocenters. The molecule has 3 aromatic rings. The number of hydrogen-bond acceptors (Lipinski definition) is 4. The predicted molar refractivity (Wildman–Crippen MR) is 131 cm³/mol. The molecule has 6 nitrogen and oxygen atoms in total. The molecule has 32 heavy (non-hydrogen) atoms. The van der Waals surface area contributed by atoms with Gasteiger partial charge in [0.15, 0.2) is 5.82 Å². The second-order valence-corrected chi connectivity index (χ2v) is 9.88. The molecular weight excluding hydrogens is 469 g/mol. The Kier molecular flexibility index (Phi) is 6.21. The lowest BCUT2D eigenvalue weighted by Crippen LogP contribution is -2.42. The number of carbonyl (C=O) groups excluding carboxylic acids is 1. The number of benzene rings is 2. The molecule has 4 rings (SSSR count). The number of anilines is 3. The summed E-state index contributed by atoms with van der Waals surface area (Å²) in [6, 6.07) is 12.1. The zero-order chi connectivity index (χ0) is 23.0. The third kappa shape index (κ3) is 4.49. The highest BCUT2D eigenvalue weighted by Gasteiger charge is 2.33. The molecule has 0 bridgehead atoms. The first-order chi connectivity index (χ1) is 15.2. The van der Waals surface area contributed by atoms with Crippen molar-refractivity contribution in [3.8, 4) is 11.3 Å². The molecule has 2 amide bonds.